The van der Waals surface area contributed by atoms with E-state index >= 15 is 0 Å². The Bertz CT molecular complexity index is 1670. The first-order valence-electron chi connectivity index (χ1n) is 11.0. The van der Waals surface area contributed by atoms with Crippen LogP contribution in [0.5, 0.6) is 0 Å². The molecule has 2 aromatic carbocycles. The van der Waals surface area contributed by atoms with Gasteiger partial charge in [0.25, 0.3) is 11.1 Å². The van der Waals surface area contributed by atoms with Crippen molar-refractivity contribution >= 4 is 28.4 Å². The third kappa shape index (κ3) is 3.75. The summed E-state index contributed by atoms with van der Waals surface area (Å²) in [7, 11) is 5.12. The van der Waals surface area contributed by atoms with E-state index in [1.165, 1.54) is 32.3 Å². The molecule has 188 valence electrons. The molecule has 1 aliphatic rings. The van der Waals surface area contributed by atoms with Crippen LogP contribution in [0, 0.1) is 11.3 Å². The Kier molecular flexibility index (Phi) is 6.42. The van der Waals surface area contributed by atoms with E-state index in [0.717, 1.165) is 28.5 Å². The fraction of sp³-hybridized carbons (Fsp3) is 0.192. The summed E-state index contributed by atoms with van der Waals surface area (Å²) < 4.78 is 12.3. The summed E-state index contributed by atoms with van der Waals surface area (Å²) in [6, 6.07) is 15.0. The van der Waals surface area contributed by atoms with Gasteiger partial charge in [0.2, 0.25) is 0 Å². The molecule has 0 amide bonds. The summed E-state index contributed by atoms with van der Waals surface area (Å²) >= 11 is 0. The van der Waals surface area contributed by atoms with Gasteiger partial charge in [-0.15, -0.1) is 0 Å². The first kappa shape index (κ1) is 25.0. The topological polar surface area (TPSA) is 150 Å². The number of carbonyl (C=O) groups excluding carboxylic acids is 2. The molecule has 4 rings (SSSR count). The van der Waals surface area contributed by atoms with Crippen molar-refractivity contribution in [2.24, 2.45) is 19.8 Å². The third-order valence-corrected chi connectivity index (χ3v) is 6.38. The number of aromatic nitrogens is 2. The molecule has 0 bridgehead atoms. The molecule has 3 aromatic rings. The number of nitrogens with zero attached hydrogens (tertiary/aromatic N) is 4. The van der Waals surface area contributed by atoms with Crippen molar-refractivity contribution in [3.05, 3.63) is 97.5 Å². The molecule has 0 radical (unpaired) electrons. The van der Waals surface area contributed by atoms with Gasteiger partial charge in [0.15, 0.2) is 0 Å². The molecule has 1 atom stereocenters. The summed E-state index contributed by atoms with van der Waals surface area (Å²) in [5.41, 5.74) is 5.42. The fourth-order valence-electron chi connectivity index (χ4n) is 4.50. The molecule has 1 aliphatic heterocycles. The second-order valence-electron chi connectivity index (χ2n) is 8.19. The molecule has 1 unspecified atom stereocenters. The Morgan fingerprint density at radius 2 is 1.54 bits per heavy atom. The highest BCUT2D eigenvalue weighted by molar-refractivity contribution is 6.08. The minimum atomic E-state index is -1.06. The standard InChI is InChI=1S/C26H23N5O6/c1-29-23(32)15-11-8-12-17(19(15)24(33)30(29)2)31-21(26(35)37-4)20(25(34)36-3)18(16(13-27)22(31)28)14-9-6-5-7-10-14/h5-12,18H,28H2,1-4H3. The number of hydrogen-bond donors (Lipinski definition) is 1. The zero-order valence-corrected chi connectivity index (χ0v) is 20.5. The van der Waals surface area contributed by atoms with Crippen molar-refractivity contribution in [3.63, 3.8) is 0 Å². The number of methoxy groups -OCH3 is 2. The smallest absolute Gasteiger partial charge is 0.355 e. The second-order valence-corrected chi connectivity index (χ2v) is 8.19. The van der Waals surface area contributed by atoms with E-state index in [1.807, 2.05) is 0 Å². The van der Waals surface area contributed by atoms with Crippen molar-refractivity contribution in [1.82, 2.24) is 9.36 Å². The van der Waals surface area contributed by atoms with Crippen LogP contribution in [0.15, 0.2) is 80.8 Å². The van der Waals surface area contributed by atoms with Crippen LogP contribution in [0.4, 0.5) is 5.69 Å². The number of esters is 2. The molecule has 11 nitrogen and oxygen atoms in total. The zero-order chi connectivity index (χ0) is 27.0. The molecular weight excluding hydrogens is 478 g/mol. The molecule has 0 spiro atoms. The van der Waals surface area contributed by atoms with Gasteiger partial charge < -0.3 is 15.2 Å². The third-order valence-electron chi connectivity index (χ3n) is 6.38. The molecule has 2 heterocycles. The van der Waals surface area contributed by atoms with Crippen molar-refractivity contribution in [3.8, 4) is 6.07 Å². The summed E-state index contributed by atoms with van der Waals surface area (Å²) in [6.07, 6.45) is 0. The first-order chi connectivity index (χ1) is 17.7. The molecule has 0 aliphatic carbocycles. The summed E-state index contributed by atoms with van der Waals surface area (Å²) in [5, 5.41) is 10.2. The first-order valence-corrected chi connectivity index (χ1v) is 11.0. The predicted molar refractivity (Wildman–Crippen MR) is 134 cm³/mol. The lowest BCUT2D eigenvalue weighted by molar-refractivity contribution is -0.139. The van der Waals surface area contributed by atoms with Crippen molar-refractivity contribution < 1.29 is 19.1 Å². The normalized spacial score (nSPS) is 15.5. The van der Waals surface area contributed by atoms with Crippen LogP contribution in [0.1, 0.15) is 11.5 Å². The highest BCUT2D eigenvalue weighted by Crippen LogP contribution is 2.44. The van der Waals surface area contributed by atoms with Crippen LogP contribution in [0.3, 0.4) is 0 Å². The Labute approximate surface area is 210 Å². The van der Waals surface area contributed by atoms with Gasteiger partial charge >= 0.3 is 11.9 Å². The molecule has 0 saturated heterocycles. The number of ether oxygens (including phenoxy) is 2. The van der Waals surface area contributed by atoms with Gasteiger partial charge in [-0.1, -0.05) is 36.4 Å². The van der Waals surface area contributed by atoms with E-state index < -0.39 is 29.0 Å². The van der Waals surface area contributed by atoms with Gasteiger partial charge in [-0.3, -0.25) is 23.9 Å². The molecule has 2 N–H and O–H groups in total. The Morgan fingerprint density at radius 1 is 0.919 bits per heavy atom. The van der Waals surface area contributed by atoms with Gasteiger partial charge in [-0.05, 0) is 17.7 Å². The average Bonchev–Trinajstić information content (AvgIpc) is 2.93. The summed E-state index contributed by atoms with van der Waals surface area (Å²) in [4.78, 5) is 53.9. The Balaban J connectivity index is 2.21. The second kappa shape index (κ2) is 9.50. The van der Waals surface area contributed by atoms with Gasteiger partial charge in [0.1, 0.15) is 11.5 Å². The van der Waals surface area contributed by atoms with Crippen molar-refractivity contribution in [1.29, 1.82) is 5.26 Å². The van der Waals surface area contributed by atoms with E-state index in [4.69, 9.17) is 15.2 Å². The summed E-state index contributed by atoms with van der Waals surface area (Å²) in [5.74, 6) is -3.13. The largest absolute Gasteiger partial charge is 0.466 e. The lowest BCUT2D eigenvalue weighted by Crippen LogP contribution is -2.42. The molecule has 0 fully saturated rings. The SMILES string of the molecule is COC(=O)C1=C(C(=O)OC)N(c2cccc3c(=O)n(C)n(C)c(=O)c23)C(N)=C(C#N)C1c1ccccc1. The monoisotopic (exact) mass is 501 g/mol. The van der Waals surface area contributed by atoms with E-state index in [1.54, 1.807) is 30.3 Å². The molecule has 37 heavy (non-hydrogen) atoms. The van der Waals surface area contributed by atoms with Crippen LogP contribution < -0.4 is 21.8 Å². The van der Waals surface area contributed by atoms with Crippen LogP contribution >= 0.6 is 0 Å². The lowest BCUT2D eigenvalue weighted by atomic mass is 9.81. The number of nitriles is 1. The highest BCUT2D eigenvalue weighted by atomic mass is 16.5. The van der Waals surface area contributed by atoms with Gasteiger partial charge in [0, 0.05) is 14.1 Å². The number of allylic oxidation sites excluding steroid dienone is 1. The van der Waals surface area contributed by atoms with E-state index in [2.05, 4.69) is 6.07 Å². The van der Waals surface area contributed by atoms with Crippen LogP contribution in [-0.4, -0.2) is 35.5 Å². The predicted octanol–water partition coefficient (Wildman–Crippen LogP) is 1.13. The Hall–Kier alpha value is -5.11. The number of hydrogen-bond acceptors (Lipinski definition) is 9. The fourth-order valence-corrected chi connectivity index (χ4v) is 4.50. The average molecular weight is 501 g/mol. The van der Waals surface area contributed by atoms with E-state index in [-0.39, 0.29) is 39.1 Å². The maximum Gasteiger partial charge on any atom is 0.355 e. The number of rotatable bonds is 4. The lowest BCUT2D eigenvalue weighted by Gasteiger charge is -2.36. The van der Waals surface area contributed by atoms with Gasteiger partial charge in [0.05, 0.1) is 53.8 Å². The van der Waals surface area contributed by atoms with Crippen LogP contribution in [0.2, 0.25) is 0 Å². The Morgan fingerprint density at radius 3 is 2.14 bits per heavy atom. The quantitative estimate of drug-likeness (QED) is 0.519. The van der Waals surface area contributed by atoms with Gasteiger partial charge in [-0.2, -0.15) is 5.26 Å². The van der Waals surface area contributed by atoms with Crippen LogP contribution in [0.25, 0.3) is 10.8 Å². The number of anilines is 1. The maximum absolute atomic E-state index is 13.4. The maximum atomic E-state index is 13.4. The number of carbonyl (C=O) groups is 2. The van der Waals surface area contributed by atoms with Crippen molar-refractivity contribution in [2.75, 3.05) is 19.1 Å². The van der Waals surface area contributed by atoms with E-state index in [0.29, 0.717) is 5.56 Å². The van der Waals surface area contributed by atoms with Crippen molar-refractivity contribution in [2.45, 2.75) is 5.92 Å². The molecule has 11 heteroatoms. The van der Waals surface area contributed by atoms with Gasteiger partial charge in [-0.25, -0.2) is 9.59 Å². The number of nitrogens with two attached hydrogens (primary N) is 1. The number of benzene rings is 2. The minimum Gasteiger partial charge on any atom is -0.466 e. The zero-order valence-electron chi connectivity index (χ0n) is 20.5. The molecule has 1 aromatic heterocycles. The van der Waals surface area contributed by atoms with Crippen LogP contribution in [-0.2, 0) is 33.2 Å². The highest BCUT2D eigenvalue weighted by Gasteiger charge is 2.43. The molecular formula is C26H23N5O6. The summed E-state index contributed by atoms with van der Waals surface area (Å²) in [6.45, 7) is 0. The number of fused-ring (bicyclic) bond motifs is 1. The minimum absolute atomic E-state index is 0.0226. The molecule has 0 saturated carbocycles. The van der Waals surface area contributed by atoms with E-state index in [9.17, 15) is 24.4 Å².